The number of morpholine rings is 1. The van der Waals surface area contributed by atoms with E-state index < -0.39 is 16.8 Å². The van der Waals surface area contributed by atoms with Gasteiger partial charge >= 0.3 is 6.09 Å². The Bertz CT molecular complexity index is 896. The Kier molecular flexibility index (Phi) is 6.82. The van der Waals surface area contributed by atoms with Crippen LogP contribution in [-0.2, 0) is 14.2 Å². The minimum Gasteiger partial charge on any atom is -0.508 e. The van der Waals surface area contributed by atoms with E-state index in [1.807, 2.05) is 26.8 Å². The predicted octanol–water partition coefficient (Wildman–Crippen LogP) is 5.45. The van der Waals surface area contributed by atoms with E-state index in [-0.39, 0.29) is 23.9 Å². The van der Waals surface area contributed by atoms with Crippen LogP contribution in [0.4, 0.5) is 4.79 Å². The van der Waals surface area contributed by atoms with Crippen molar-refractivity contribution in [2.75, 3.05) is 26.3 Å². The molecule has 190 valence electrons. The van der Waals surface area contributed by atoms with Gasteiger partial charge in [0, 0.05) is 24.1 Å². The molecule has 0 bridgehead atoms. The molecular formula is C27H41NO6. The summed E-state index contributed by atoms with van der Waals surface area (Å²) < 4.78 is 25.1. The summed E-state index contributed by atoms with van der Waals surface area (Å²) in [6.45, 7) is 14.1. The van der Waals surface area contributed by atoms with Crippen LogP contribution >= 0.6 is 0 Å². The minimum absolute atomic E-state index is 0.0593. The van der Waals surface area contributed by atoms with Crippen LogP contribution in [0.3, 0.4) is 0 Å². The molecule has 2 fully saturated rings. The molecule has 2 saturated heterocycles. The first-order chi connectivity index (χ1) is 15.9. The molecule has 0 unspecified atom stereocenters. The van der Waals surface area contributed by atoms with Crippen molar-refractivity contribution in [3.05, 3.63) is 23.8 Å². The standard InChI is InChI=1S/C27H41NO6/c1-18(2)8-7-11-26(6)21-15-27(16-28(12-13-32-27)24(30)34-25(3,4)5)17-31-23(21)20-10-9-19(29)14-22(20)33-26/h9-10,14,18,21,23,29H,7-8,11-13,15-17H2,1-6H3/t21-,23+,26-,27+/m0/s1. The lowest BCUT2D eigenvalue weighted by Gasteiger charge is -2.55. The zero-order valence-electron chi connectivity index (χ0n) is 21.6. The third kappa shape index (κ3) is 5.30. The first kappa shape index (κ1) is 25.1. The van der Waals surface area contributed by atoms with Gasteiger partial charge in [0.2, 0.25) is 0 Å². The Labute approximate surface area is 203 Å². The highest BCUT2D eigenvalue weighted by molar-refractivity contribution is 5.68. The number of hydrogen-bond acceptors (Lipinski definition) is 6. The largest absolute Gasteiger partial charge is 0.508 e. The number of hydrogen-bond donors (Lipinski definition) is 1. The maximum absolute atomic E-state index is 12.8. The first-order valence-electron chi connectivity index (χ1n) is 12.7. The average Bonchev–Trinajstić information content (AvgIpc) is 2.72. The maximum Gasteiger partial charge on any atom is 0.410 e. The number of rotatable bonds is 4. The van der Waals surface area contributed by atoms with E-state index in [2.05, 4.69) is 20.8 Å². The molecule has 7 nitrogen and oxygen atoms in total. The highest BCUT2D eigenvalue weighted by Crippen LogP contribution is 2.54. The second kappa shape index (κ2) is 9.23. The summed E-state index contributed by atoms with van der Waals surface area (Å²) in [6, 6.07) is 5.29. The van der Waals surface area contributed by atoms with E-state index in [0.717, 1.165) is 31.2 Å². The van der Waals surface area contributed by atoms with Crippen molar-refractivity contribution in [1.29, 1.82) is 0 Å². The molecule has 34 heavy (non-hydrogen) atoms. The van der Waals surface area contributed by atoms with Gasteiger partial charge in [-0.2, -0.15) is 0 Å². The molecule has 4 atom stereocenters. The molecule has 4 rings (SSSR count). The summed E-state index contributed by atoms with van der Waals surface area (Å²) in [5.74, 6) is 1.57. The molecule has 1 aromatic carbocycles. The van der Waals surface area contributed by atoms with Gasteiger partial charge in [-0.3, -0.25) is 0 Å². The fourth-order valence-electron chi connectivity index (χ4n) is 5.58. The van der Waals surface area contributed by atoms with Crippen molar-refractivity contribution < 1.29 is 28.8 Å². The minimum atomic E-state index is -0.590. The van der Waals surface area contributed by atoms with Crippen molar-refractivity contribution >= 4 is 6.09 Å². The van der Waals surface area contributed by atoms with Crippen molar-refractivity contribution in [3.8, 4) is 11.5 Å². The van der Waals surface area contributed by atoms with Crippen molar-refractivity contribution in [2.24, 2.45) is 11.8 Å². The van der Waals surface area contributed by atoms with Gasteiger partial charge in [0.05, 0.1) is 25.9 Å². The zero-order chi connectivity index (χ0) is 24.7. The normalized spacial score (nSPS) is 31.1. The lowest BCUT2D eigenvalue weighted by atomic mass is 9.69. The van der Waals surface area contributed by atoms with E-state index in [1.165, 1.54) is 0 Å². The number of phenols is 1. The monoisotopic (exact) mass is 475 g/mol. The molecule has 3 aliphatic heterocycles. The number of nitrogens with zero attached hydrogens (tertiary/aromatic N) is 1. The lowest BCUT2D eigenvalue weighted by Crippen LogP contribution is -2.63. The molecule has 1 aromatic rings. The summed E-state index contributed by atoms with van der Waals surface area (Å²) in [4.78, 5) is 14.6. The number of phenolic OH excluding ortho intramolecular Hbond substituents is 1. The summed E-state index contributed by atoms with van der Waals surface area (Å²) in [5, 5.41) is 10.1. The molecule has 7 heteroatoms. The van der Waals surface area contributed by atoms with Gasteiger partial charge in [-0.15, -0.1) is 0 Å². The molecule has 1 spiro atoms. The molecule has 0 aliphatic carbocycles. The summed E-state index contributed by atoms with van der Waals surface area (Å²) in [7, 11) is 0. The number of carbonyl (C=O) groups is 1. The molecule has 1 amide bonds. The Hall–Kier alpha value is -1.99. The quantitative estimate of drug-likeness (QED) is 0.624. The van der Waals surface area contributed by atoms with E-state index in [0.29, 0.717) is 38.0 Å². The molecule has 3 heterocycles. The van der Waals surface area contributed by atoms with Crippen LogP contribution in [0.5, 0.6) is 11.5 Å². The molecular weight excluding hydrogens is 434 g/mol. The Morgan fingerprint density at radius 2 is 2.09 bits per heavy atom. The van der Waals surface area contributed by atoms with Gasteiger partial charge < -0.3 is 29.0 Å². The molecule has 0 radical (unpaired) electrons. The zero-order valence-corrected chi connectivity index (χ0v) is 21.6. The van der Waals surface area contributed by atoms with Gasteiger partial charge in [0.15, 0.2) is 0 Å². The molecule has 0 aromatic heterocycles. The van der Waals surface area contributed by atoms with Crippen LogP contribution in [0.2, 0.25) is 0 Å². The van der Waals surface area contributed by atoms with Gasteiger partial charge in [-0.05, 0) is 65.0 Å². The van der Waals surface area contributed by atoms with Crippen LogP contribution in [-0.4, -0.2) is 59.2 Å². The van der Waals surface area contributed by atoms with Crippen LogP contribution in [0.15, 0.2) is 18.2 Å². The smallest absolute Gasteiger partial charge is 0.410 e. The van der Waals surface area contributed by atoms with E-state index >= 15 is 0 Å². The van der Waals surface area contributed by atoms with Gasteiger partial charge in [-0.1, -0.05) is 20.3 Å². The van der Waals surface area contributed by atoms with Crippen LogP contribution in [0, 0.1) is 11.8 Å². The highest BCUT2D eigenvalue weighted by Gasteiger charge is 2.55. The van der Waals surface area contributed by atoms with Crippen molar-refractivity contribution in [1.82, 2.24) is 4.90 Å². The van der Waals surface area contributed by atoms with E-state index in [1.54, 1.807) is 17.0 Å². The van der Waals surface area contributed by atoms with Gasteiger partial charge in [0.1, 0.15) is 28.3 Å². The predicted molar refractivity (Wildman–Crippen MR) is 129 cm³/mol. The van der Waals surface area contributed by atoms with Crippen LogP contribution in [0.25, 0.3) is 0 Å². The Morgan fingerprint density at radius 3 is 2.79 bits per heavy atom. The highest BCUT2D eigenvalue weighted by atomic mass is 16.6. The average molecular weight is 476 g/mol. The number of ether oxygens (including phenoxy) is 4. The number of benzene rings is 1. The molecule has 1 N–H and O–H groups in total. The molecule has 3 aliphatic rings. The number of aromatic hydroxyl groups is 1. The maximum atomic E-state index is 12.8. The fraction of sp³-hybridized carbons (Fsp3) is 0.741. The van der Waals surface area contributed by atoms with E-state index in [9.17, 15) is 9.90 Å². The van der Waals surface area contributed by atoms with Crippen LogP contribution < -0.4 is 4.74 Å². The second-order valence-electron chi connectivity index (χ2n) is 11.9. The summed E-state index contributed by atoms with van der Waals surface area (Å²) in [5.41, 5.74) is -0.629. The third-order valence-corrected chi connectivity index (χ3v) is 7.27. The Balaban J connectivity index is 1.59. The van der Waals surface area contributed by atoms with Crippen LogP contribution in [0.1, 0.15) is 78.9 Å². The number of amides is 1. The number of carbonyl (C=O) groups excluding carboxylic acids is 1. The summed E-state index contributed by atoms with van der Waals surface area (Å²) in [6.07, 6.45) is 3.34. The third-order valence-electron chi connectivity index (χ3n) is 7.27. The Morgan fingerprint density at radius 1 is 1.32 bits per heavy atom. The number of fused-ring (bicyclic) bond motifs is 3. The van der Waals surface area contributed by atoms with E-state index in [4.69, 9.17) is 18.9 Å². The van der Waals surface area contributed by atoms with Gasteiger partial charge in [-0.25, -0.2) is 4.79 Å². The first-order valence-corrected chi connectivity index (χ1v) is 12.7. The van der Waals surface area contributed by atoms with Gasteiger partial charge in [0.25, 0.3) is 0 Å². The molecule has 0 saturated carbocycles. The van der Waals surface area contributed by atoms with Crippen molar-refractivity contribution in [2.45, 2.75) is 90.1 Å². The van der Waals surface area contributed by atoms with Crippen molar-refractivity contribution in [3.63, 3.8) is 0 Å². The lowest BCUT2D eigenvalue weighted by molar-refractivity contribution is -0.231. The second-order valence-corrected chi connectivity index (χ2v) is 11.9. The topological polar surface area (TPSA) is 77.5 Å². The SMILES string of the molecule is CC(C)CCC[C@]1(C)Oc2cc(O)ccc2[C@H]2OC[C@@]3(C[C@@H]21)CN(C(=O)OC(C)(C)C)CCO3. The summed E-state index contributed by atoms with van der Waals surface area (Å²) >= 11 is 0. The fourth-order valence-corrected chi connectivity index (χ4v) is 5.58.